The highest BCUT2D eigenvalue weighted by Crippen LogP contribution is 2.26. The average molecular weight is 432 g/mol. The second kappa shape index (κ2) is 8.15. The molecule has 10 heteroatoms. The van der Waals surface area contributed by atoms with Gasteiger partial charge < -0.3 is 5.32 Å². The average Bonchev–Trinajstić information content (AvgIpc) is 3.53. The fourth-order valence-corrected chi connectivity index (χ4v) is 4.00. The van der Waals surface area contributed by atoms with Crippen molar-refractivity contribution in [2.24, 2.45) is 0 Å². The SMILES string of the molecule is Cc1cc(C)n(Cn2ccc(-c3nnc(Nc4ccn(Cc5ccccc5)n4)s3)n2)n1. The lowest BCUT2D eigenvalue weighted by molar-refractivity contribution is 0.492. The zero-order valence-electron chi connectivity index (χ0n) is 17.2. The van der Waals surface area contributed by atoms with Gasteiger partial charge in [-0.05, 0) is 31.5 Å². The van der Waals surface area contributed by atoms with Gasteiger partial charge in [-0.3, -0.25) is 9.36 Å². The Kier molecular flexibility index (Phi) is 5.04. The Bertz CT molecular complexity index is 1300. The second-order valence-corrected chi connectivity index (χ2v) is 8.21. The van der Waals surface area contributed by atoms with E-state index < -0.39 is 0 Å². The Morgan fingerprint density at radius 3 is 2.55 bits per heavy atom. The Hall–Kier alpha value is -3.79. The van der Waals surface area contributed by atoms with Crippen molar-refractivity contribution in [2.45, 2.75) is 27.1 Å². The molecule has 0 atom stereocenters. The molecule has 0 radical (unpaired) electrons. The third-order valence-electron chi connectivity index (χ3n) is 4.73. The van der Waals surface area contributed by atoms with E-state index >= 15 is 0 Å². The summed E-state index contributed by atoms with van der Waals surface area (Å²) in [5.74, 6) is 0.730. The number of hydrogen-bond acceptors (Lipinski definition) is 7. The van der Waals surface area contributed by atoms with E-state index in [1.165, 1.54) is 16.9 Å². The van der Waals surface area contributed by atoms with E-state index in [2.05, 4.69) is 42.9 Å². The van der Waals surface area contributed by atoms with Crippen molar-refractivity contribution in [3.63, 3.8) is 0 Å². The Balaban J connectivity index is 1.25. The van der Waals surface area contributed by atoms with Crippen LogP contribution < -0.4 is 5.32 Å². The minimum atomic E-state index is 0.558. The lowest BCUT2D eigenvalue weighted by atomic mass is 10.2. The first-order valence-corrected chi connectivity index (χ1v) is 10.7. The molecule has 0 aliphatic heterocycles. The highest BCUT2D eigenvalue weighted by molar-refractivity contribution is 7.18. The van der Waals surface area contributed by atoms with Crippen LogP contribution in [0.1, 0.15) is 17.0 Å². The van der Waals surface area contributed by atoms with Gasteiger partial charge in [0, 0.05) is 24.2 Å². The van der Waals surface area contributed by atoms with E-state index in [4.69, 9.17) is 0 Å². The molecule has 1 aromatic carbocycles. The van der Waals surface area contributed by atoms with Gasteiger partial charge in [0.25, 0.3) is 0 Å². The summed E-state index contributed by atoms with van der Waals surface area (Å²) in [5.41, 5.74) is 4.08. The van der Waals surface area contributed by atoms with Crippen LogP contribution in [0.15, 0.2) is 60.9 Å². The monoisotopic (exact) mass is 431 g/mol. The van der Waals surface area contributed by atoms with E-state index in [0.717, 1.165) is 34.5 Å². The van der Waals surface area contributed by atoms with Gasteiger partial charge >= 0.3 is 0 Å². The molecule has 0 aliphatic carbocycles. The fourth-order valence-electron chi connectivity index (χ4n) is 3.28. The van der Waals surface area contributed by atoms with Crippen LogP contribution in [0.3, 0.4) is 0 Å². The van der Waals surface area contributed by atoms with Gasteiger partial charge in [0.2, 0.25) is 5.13 Å². The Morgan fingerprint density at radius 1 is 0.903 bits per heavy atom. The van der Waals surface area contributed by atoms with Crippen molar-refractivity contribution in [1.29, 1.82) is 0 Å². The molecule has 9 nitrogen and oxygen atoms in total. The summed E-state index contributed by atoms with van der Waals surface area (Å²) in [6.45, 7) is 5.30. The van der Waals surface area contributed by atoms with Gasteiger partial charge in [-0.15, -0.1) is 10.2 Å². The van der Waals surface area contributed by atoms with E-state index in [9.17, 15) is 0 Å². The van der Waals surface area contributed by atoms with Gasteiger partial charge in [-0.25, -0.2) is 4.68 Å². The molecule has 31 heavy (non-hydrogen) atoms. The molecular formula is C21H21N9S. The first-order valence-electron chi connectivity index (χ1n) is 9.85. The molecular weight excluding hydrogens is 410 g/mol. The van der Waals surface area contributed by atoms with Gasteiger partial charge in [-0.1, -0.05) is 41.7 Å². The van der Waals surface area contributed by atoms with Crippen molar-refractivity contribution >= 4 is 22.3 Å². The van der Waals surface area contributed by atoms with Crippen molar-refractivity contribution in [1.82, 2.24) is 39.5 Å². The zero-order valence-corrected chi connectivity index (χ0v) is 18.0. The number of anilines is 2. The summed E-state index contributed by atoms with van der Waals surface area (Å²) < 4.78 is 5.65. The fraction of sp³-hybridized carbons (Fsp3) is 0.190. The third-order valence-corrected chi connectivity index (χ3v) is 5.59. The predicted octanol–water partition coefficient (Wildman–Crippen LogP) is 3.71. The Labute approximate surface area is 183 Å². The van der Waals surface area contributed by atoms with Crippen molar-refractivity contribution in [3.05, 3.63) is 77.9 Å². The van der Waals surface area contributed by atoms with Crippen LogP contribution in [-0.2, 0) is 13.2 Å². The maximum absolute atomic E-state index is 4.61. The molecule has 0 aliphatic rings. The van der Waals surface area contributed by atoms with E-state index in [1.54, 1.807) is 0 Å². The normalized spacial score (nSPS) is 11.2. The molecule has 0 bridgehead atoms. The van der Waals surface area contributed by atoms with Crippen LogP contribution in [0.25, 0.3) is 10.7 Å². The first-order chi connectivity index (χ1) is 15.1. The van der Waals surface area contributed by atoms with Gasteiger partial charge in [-0.2, -0.15) is 15.3 Å². The number of benzene rings is 1. The molecule has 0 fully saturated rings. The molecule has 0 saturated carbocycles. The molecule has 0 saturated heterocycles. The van der Waals surface area contributed by atoms with Crippen LogP contribution in [0.4, 0.5) is 10.9 Å². The summed E-state index contributed by atoms with van der Waals surface area (Å²) in [7, 11) is 0. The second-order valence-electron chi connectivity index (χ2n) is 7.23. The van der Waals surface area contributed by atoms with Crippen molar-refractivity contribution < 1.29 is 0 Å². The summed E-state index contributed by atoms with van der Waals surface area (Å²) >= 11 is 1.44. The zero-order chi connectivity index (χ0) is 21.2. The van der Waals surface area contributed by atoms with Crippen molar-refractivity contribution in [2.75, 3.05) is 5.32 Å². The molecule has 1 N–H and O–H groups in total. The number of nitrogens with one attached hydrogen (secondary N) is 1. The molecule has 156 valence electrons. The summed E-state index contributed by atoms with van der Waals surface area (Å²) in [6.07, 6.45) is 3.86. The number of aryl methyl sites for hydroxylation is 2. The summed E-state index contributed by atoms with van der Waals surface area (Å²) in [6, 6.07) is 16.1. The molecule has 5 aromatic rings. The largest absolute Gasteiger partial charge is 0.313 e. The lowest BCUT2D eigenvalue weighted by Crippen LogP contribution is -2.11. The van der Waals surface area contributed by atoms with Crippen molar-refractivity contribution in [3.8, 4) is 10.7 Å². The highest BCUT2D eigenvalue weighted by atomic mass is 32.1. The molecule has 0 amide bonds. The number of rotatable bonds is 7. The molecule has 5 rings (SSSR count). The predicted molar refractivity (Wildman–Crippen MR) is 119 cm³/mol. The number of aromatic nitrogens is 8. The Morgan fingerprint density at radius 2 is 1.74 bits per heavy atom. The minimum Gasteiger partial charge on any atom is -0.313 e. The summed E-state index contributed by atoms with van der Waals surface area (Å²) in [5, 5.41) is 26.8. The van der Waals surface area contributed by atoms with Gasteiger partial charge in [0.15, 0.2) is 10.8 Å². The maximum Gasteiger partial charge on any atom is 0.211 e. The molecule has 4 aromatic heterocycles. The van der Waals surface area contributed by atoms with Crippen LogP contribution in [0.5, 0.6) is 0 Å². The van der Waals surface area contributed by atoms with E-state index in [1.807, 2.05) is 76.7 Å². The van der Waals surface area contributed by atoms with Crippen LogP contribution in [0, 0.1) is 13.8 Å². The van der Waals surface area contributed by atoms with Crippen LogP contribution >= 0.6 is 11.3 Å². The molecule has 0 spiro atoms. The quantitative estimate of drug-likeness (QED) is 0.422. The van der Waals surface area contributed by atoms with Gasteiger partial charge in [0.05, 0.1) is 12.2 Å². The number of nitrogens with zero attached hydrogens (tertiary/aromatic N) is 8. The van der Waals surface area contributed by atoms with E-state index in [0.29, 0.717) is 11.8 Å². The highest BCUT2D eigenvalue weighted by Gasteiger charge is 2.12. The smallest absolute Gasteiger partial charge is 0.211 e. The lowest BCUT2D eigenvalue weighted by Gasteiger charge is -2.03. The molecule has 0 unspecified atom stereocenters. The van der Waals surface area contributed by atoms with E-state index in [-0.39, 0.29) is 0 Å². The minimum absolute atomic E-state index is 0.558. The topological polar surface area (TPSA) is 91.3 Å². The standard InChI is InChI=1S/C21H21N9S/c1-15-12-16(2)30(25-15)14-29-10-8-18(26-29)20-23-24-21(31-20)22-19-9-11-28(27-19)13-17-6-4-3-5-7-17/h3-12H,13-14H2,1-2H3,(H,22,24,27). The molecule has 4 heterocycles. The van der Waals surface area contributed by atoms with Crippen LogP contribution in [0.2, 0.25) is 0 Å². The maximum atomic E-state index is 4.61. The first kappa shape index (κ1) is 19.2. The third kappa shape index (κ3) is 4.38. The van der Waals surface area contributed by atoms with Gasteiger partial charge in [0.1, 0.15) is 12.4 Å². The summed E-state index contributed by atoms with van der Waals surface area (Å²) in [4.78, 5) is 0. The van der Waals surface area contributed by atoms with Crippen LogP contribution in [-0.4, -0.2) is 39.5 Å². The number of hydrogen-bond donors (Lipinski definition) is 1.